The molecule has 1 heterocycles. The third kappa shape index (κ3) is 2.53. The Morgan fingerprint density at radius 3 is 1.42 bits per heavy atom. The summed E-state index contributed by atoms with van der Waals surface area (Å²) in [4.78, 5) is 0. The molecule has 19 heavy (non-hydrogen) atoms. The van der Waals surface area contributed by atoms with E-state index >= 15 is 0 Å². The van der Waals surface area contributed by atoms with E-state index in [-0.39, 0.29) is 0 Å². The van der Waals surface area contributed by atoms with Crippen molar-refractivity contribution in [2.75, 3.05) is 0 Å². The average Bonchev–Trinajstić information content (AvgIpc) is 2.77. The van der Waals surface area contributed by atoms with Gasteiger partial charge in [0, 0.05) is 0 Å². The van der Waals surface area contributed by atoms with Crippen molar-refractivity contribution in [2.24, 2.45) is 0 Å². The Morgan fingerprint density at radius 2 is 1.05 bits per heavy atom. The minimum Gasteiger partial charge on any atom is -0.237 e. The molecule has 3 rings (SSSR count). The zero-order chi connectivity index (χ0) is 13.3. The summed E-state index contributed by atoms with van der Waals surface area (Å²) in [5.74, 6) is 0. The van der Waals surface area contributed by atoms with Crippen LogP contribution in [0.5, 0.6) is 0 Å². The third-order valence-corrected chi connectivity index (χ3v) is 3.86. The molecule has 1 aliphatic rings. The topological polar surface area (TPSA) is 52.6 Å². The first kappa shape index (κ1) is 12.3. The van der Waals surface area contributed by atoms with Crippen molar-refractivity contribution in [3.63, 3.8) is 0 Å². The molecular weight excluding hydrogens is 264 g/mol. The molecule has 0 spiro atoms. The van der Waals surface area contributed by atoms with Crippen LogP contribution in [0.15, 0.2) is 60.7 Å². The molecular formula is C14H12O4S. The molecule has 4 nitrogen and oxygen atoms in total. The molecule has 1 saturated heterocycles. The second-order valence-electron chi connectivity index (χ2n) is 4.26. The van der Waals surface area contributed by atoms with Gasteiger partial charge < -0.3 is 0 Å². The zero-order valence-corrected chi connectivity index (χ0v) is 10.8. The normalized spacial score (nSPS) is 25.3. The summed E-state index contributed by atoms with van der Waals surface area (Å²) in [6.45, 7) is 0. The summed E-state index contributed by atoms with van der Waals surface area (Å²) in [5.41, 5.74) is 1.55. The van der Waals surface area contributed by atoms with Gasteiger partial charge in [-0.25, -0.2) is 8.37 Å². The van der Waals surface area contributed by atoms with Gasteiger partial charge in [0.2, 0.25) is 0 Å². The lowest BCUT2D eigenvalue weighted by molar-refractivity contribution is 0.159. The molecule has 0 radical (unpaired) electrons. The van der Waals surface area contributed by atoms with Gasteiger partial charge in [-0.15, -0.1) is 0 Å². The Morgan fingerprint density at radius 1 is 0.684 bits per heavy atom. The largest absolute Gasteiger partial charge is 0.401 e. The monoisotopic (exact) mass is 276 g/mol. The molecule has 0 N–H and O–H groups in total. The van der Waals surface area contributed by atoms with Gasteiger partial charge in [0.25, 0.3) is 0 Å². The highest BCUT2D eigenvalue weighted by atomic mass is 32.3. The van der Waals surface area contributed by atoms with Crippen molar-refractivity contribution < 1.29 is 16.8 Å². The van der Waals surface area contributed by atoms with Crippen LogP contribution in [0.2, 0.25) is 0 Å². The number of hydrogen-bond acceptors (Lipinski definition) is 4. The Bertz CT molecular complexity index is 599. The van der Waals surface area contributed by atoms with Crippen LogP contribution in [0.3, 0.4) is 0 Å². The van der Waals surface area contributed by atoms with E-state index in [4.69, 9.17) is 8.37 Å². The molecule has 0 bridgehead atoms. The van der Waals surface area contributed by atoms with Crippen LogP contribution >= 0.6 is 0 Å². The maximum absolute atomic E-state index is 11.6. The van der Waals surface area contributed by atoms with E-state index in [0.717, 1.165) is 11.1 Å². The molecule has 0 aromatic heterocycles. The summed E-state index contributed by atoms with van der Waals surface area (Å²) in [6, 6.07) is 18.4. The van der Waals surface area contributed by atoms with Crippen molar-refractivity contribution in [3.8, 4) is 0 Å². The molecule has 2 aromatic rings. The lowest BCUT2D eigenvalue weighted by atomic mass is 9.99. The smallest absolute Gasteiger partial charge is 0.237 e. The minimum atomic E-state index is -3.94. The highest BCUT2D eigenvalue weighted by Gasteiger charge is 2.41. The van der Waals surface area contributed by atoms with Crippen LogP contribution < -0.4 is 0 Å². The van der Waals surface area contributed by atoms with Crippen LogP contribution in [0, 0.1) is 0 Å². The van der Waals surface area contributed by atoms with E-state index in [1.807, 2.05) is 60.7 Å². The van der Waals surface area contributed by atoms with Crippen LogP contribution in [-0.2, 0) is 18.8 Å². The maximum Gasteiger partial charge on any atom is 0.401 e. The Hall–Kier alpha value is -1.69. The second-order valence-corrected chi connectivity index (χ2v) is 5.46. The van der Waals surface area contributed by atoms with Gasteiger partial charge in [-0.2, -0.15) is 8.42 Å². The van der Waals surface area contributed by atoms with Gasteiger partial charge in [-0.3, -0.25) is 0 Å². The molecule has 0 aliphatic carbocycles. The van der Waals surface area contributed by atoms with Crippen LogP contribution in [-0.4, -0.2) is 8.42 Å². The van der Waals surface area contributed by atoms with Crippen LogP contribution in [0.1, 0.15) is 23.3 Å². The molecule has 5 heteroatoms. The summed E-state index contributed by atoms with van der Waals surface area (Å²) in [7, 11) is -3.94. The predicted octanol–water partition coefficient (Wildman–Crippen LogP) is 2.76. The van der Waals surface area contributed by atoms with Crippen molar-refractivity contribution in [1.29, 1.82) is 0 Å². The lowest BCUT2D eigenvalue weighted by Crippen LogP contribution is -2.06. The first-order valence-electron chi connectivity index (χ1n) is 5.87. The maximum atomic E-state index is 11.6. The summed E-state index contributed by atoms with van der Waals surface area (Å²) >= 11 is 0. The predicted molar refractivity (Wildman–Crippen MR) is 69.5 cm³/mol. The lowest BCUT2D eigenvalue weighted by Gasteiger charge is -2.15. The van der Waals surface area contributed by atoms with Gasteiger partial charge >= 0.3 is 10.4 Å². The summed E-state index contributed by atoms with van der Waals surface area (Å²) in [5, 5.41) is 0. The zero-order valence-electron chi connectivity index (χ0n) is 9.97. The Kier molecular flexibility index (Phi) is 3.10. The molecule has 0 amide bonds. The van der Waals surface area contributed by atoms with E-state index < -0.39 is 22.6 Å². The van der Waals surface area contributed by atoms with E-state index in [0.29, 0.717) is 0 Å². The molecule has 0 unspecified atom stereocenters. The fourth-order valence-electron chi connectivity index (χ4n) is 2.12. The summed E-state index contributed by atoms with van der Waals surface area (Å²) < 4.78 is 33.2. The van der Waals surface area contributed by atoms with E-state index in [2.05, 4.69) is 0 Å². The van der Waals surface area contributed by atoms with E-state index in [9.17, 15) is 8.42 Å². The number of rotatable bonds is 2. The standard InChI is InChI=1S/C14H12O4S/c15-19(16)17-13(11-7-3-1-4-8-11)14(18-19)12-9-5-2-6-10-12/h1-10,13-14H/t13-,14+. The molecule has 1 aliphatic heterocycles. The number of hydrogen-bond donors (Lipinski definition) is 0. The molecule has 2 atom stereocenters. The highest BCUT2D eigenvalue weighted by molar-refractivity contribution is 7.82. The number of benzene rings is 2. The highest BCUT2D eigenvalue weighted by Crippen LogP contribution is 2.43. The van der Waals surface area contributed by atoms with Gasteiger partial charge in [0.05, 0.1) is 0 Å². The van der Waals surface area contributed by atoms with Crippen LogP contribution in [0.25, 0.3) is 0 Å². The van der Waals surface area contributed by atoms with Crippen molar-refractivity contribution >= 4 is 10.4 Å². The Balaban J connectivity index is 2.02. The van der Waals surface area contributed by atoms with Gasteiger partial charge in [-0.1, -0.05) is 60.7 Å². The van der Waals surface area contributed by atoms with Gasteiger partial charge in [0.1, 0.15) is 12.2 Å². The van der Waals surface area contributed by atoms with Crippen molar-refractivity contribution in [1.82, 2.24) is 0 Å². The first-order chi connectivity index (χ1) is 9.16. The first-order valence-corrected chi connectivity index (χ1v) is 7.20. The van der Waals surface area contributed by atoms with Gasteiger partial charge in [0.15, 0.2) is 0 Å². The SMILES string of the molecule is O=S1(=O)O[C@H](c2ccccc2)[C@H](c2ccccc2)O1. The fourth-order valence-corrected chi connectivity index (χ4v) is 3.10. The molecule has 1 fully saturated rings. The van der Waals surface area contributed by atoms with Crippen molar-refractivity contribution in [2.45, 2.75) is 12.2 Å². The quantitative estimate of drug-likeness (QED) is 0.846. The minimum absolute atomic E-state index is 0.645. The Labute approximate surface area is 111 Å². The van der Waals surface area contributed by atoms with E-state index in [1.54, 1.807) is 0 Å². The fraction of sp³-hybridized carbons (Fsp3) is 0.143. The molecule has 98 valence electrons. The average molecular weight is 276 g/mol. The van der Waals surface area contributed by atoms with Crippen molar-refractivity contribution in [3.05, 3.63) is 71.8 Å². The summed E-state index contributed by atoms with van der Waals surface area (Å²) in [6.07, 6.45) is -1.29. The third-order valence-electron chi connectivity index (χ3n) is 2.97. The second kappa shape index (κ2) is 4.77. The van der Waals surface area contributed by atoms with Gasteiger partial charge in [-0.05, 0) is 11.1 Å². The van der Waals surface area contributed by atoms with Crippen LogP contribution in [0.4, 0.5) is 0 Å². The van der Waals surface area contributed by atoms with E-state index in [1.165, 1.54) is 0 Å². The molecule has 2 aromatic carbocycles. The molecule has 0 saturated carbocycles.